The van der Waals surface area contributed by atoms with E-state index in [4.69, 9.17) is 5.11 Å². The predicted molar refractivity (Wildman–Crippen MR) is 53.1 cm³/mol. The van der Waals surface area contributed by atoms with Gasteiger partial charge in [0.2, 0.25) is 5.91 Å². The van der Waals surface area contributed by atoms with Crippen molar-refractivity contribution < 1.29 is 19.5 Å². The van der Waals surface area contributed by atoms with Crippen molar-refractivity contribution in [2.24, 2.45) is 0 Å². The van der Waals surface area contributed by atoms with Gasteiger partial charge in [-0.25, -0.2) is 4.79 Å². The smallest absolute Gasteiger partial charge is 0.337 e. The molecule has 0 aliphatic heterocycles. The lowest BCUT2D eigenvalue weighted by atomic mass is 10.1. The molecule has 1 aromatic carbocycles. The van der Waals surface area contributed by atoms with E-state index < -0.39 is 11.9 Å². The average molecular weight is 207 g/mol. The summed E-state index contributed by atoms with van der Waals surface area (Å²) in [6, 6.07) is 4.20. The number of nitrogens with one attached hydrogen (secondary N) is 1. The minimum absolute atomic E-state index is 0.0347. The molecule has 0 aliphatic carbocycles. The van der Waals surface area contributed by atoms with E-state index in [-0.39, 0.29) is 16.8 Å². The molecule has 1 amide bonds. The Morgan fingerprint density at radius 1 is 1.40 bits per heavy atom. The molecule has 2 N–H and O–H groups in total. The van der Waals surface area contributed by atoms with Crippen LogP contribution in [0.15, 0.2) is 18.2 Å². The van der Waals surface area contributed by atoms with Crippen LogP contribution in [0.3, 0.4) is 0 Å². The van der Waals surface area contributed by atoms with Crippen LogP contribution in [-0.2, 0) is 4.79 Å². The molecule has 1 aromatic rings. The van der Waals surface area contributed by atoms with Crippen molar-refractivity contribution in [3.63, 3.8) is 0 Å². The Bertz CT molecular complexity index is 425. The first-order valence-electron chi connectivity index (χ1n) is 4.15. The lowest BCUT2D eigenvalue weighted by molar-refractivity contribution is -0.114. The van der Waals surface area contributed by atoms with Gasteiger partial charge < -0.3 is 10.4 Å². The molecular weight excluding hydrogens is 198 g/mol. The minimum atomic E-state index is -1.19. The van der Waals surface area contributed by atoms with E-state index >= 15 is 0 Å². The van der Waals surface area contributed by atoms with E-state index in [0.29, 0.717) is 6.29 Å². The number of anilines is 1. The Kier molecular flexibility index (Phi) is 3.17. The molecule has 0 unspecified atom stereocenters. The second-order valence-corrected chi connectivity index (χ2v) is 2.87. The van der Waals surface area contributed by atoms with Crippen LogP contribution in [0.2, 0.25) is 0 Å². The van der Waals surface area contributed by atoms with Gasteiger partial charge in [0.25, 0.3) is 0 Å². The summed E-state index contributed by atoms with van der Waals surface area (Å²) in [5.41, 5.74) is 0.0763. The highest BCUT2D eigenvalue weighted by atomic mass is 16.4. The SMILES string of the molecule is CC(=O)Nc1c(C=O)cccc1C(=O)O. The zero-order chi connectivity index (χ0) is 11.4. The van der Waals surface area contributed by atoms with Gasteiger partial charge in [-0.15, -0.1) is 0 Å². The molecule has 0 heterocycles. The molecule has 0 bridgehead atoms. The monoisotopic (exact) mass is 207 g/mol. The van der Waals surface area contributed by atoms with E-state index in [0.717, 1.165) is 0 Å². The number of hydrogen-bond donors (Lipinski definition) is 2. The Hall–Kier alpha value is -2.17. The third-order valence-corrected chi connectivity index (χ3v) is 1.76. The highest BCUT2D eigenvalue weighted by molar-refractivity contribution is 6.04. The fraction of sp³-hybridized carbons (Fsp3) is 0.100. The standard InChI is InChI=1S/C10H9NO4/c1-6(13)11-9-7(5-12)3-2-4-8(9)10(14)15/h2-5H,1H3,(H,11,13)(H,14,15). The van der Waals surface area contributed by atoms with Crippen LogP contribution in [0, 0.1) is 0 Å². The number of rotatable bonds is 3. The van der Waals surface area contributed by atoms with Gasteiger partial charge in [0.1, 0.15) is 0 Å². The Morgan fingerprint density at radius 3 is 2.53 bits per heavy atom. The molecule has 0 fully saturated rings. The Balaban J connectivity index is 3.32. The highest BCUT2D eigenvalue weighted by Gasteiger charge is 2.14. The van der Waals surface area contributed by atoms with Crippen molar-refractivity contribution in [2.45, 2.75) is 6.92 Å². The first kappa shape index (κ1) is 10.9. The van der Waals surface area contributed by atoms with Gasteiger partial charge >= 0.3 is 5.97 Å². The molecule has 1 rings (SSSR count). The van der Waals surface area contributed by atoms with Gasteiger partial charge in [0, 0.05) is 12.5 Å². The van der Waals surface area contributed by atoms with E-state index in [9.17, 15) is 14.4 Å². The zero-order valence-corrected chi connectivity index (χ0v) is 7.98. The Labute approximate surface area is 85.7 Å². The van der Waals surface area contributed by atoms with Crippen LogP contribution in [0.4, 0.5) is 5.69 Å². The molecule has 0 saturated heterocycles. The van der Waals surface area contributed by atoms with Gasteiger partial charge in [0.15, 0.2) is 6.29 Å². The lowest BCUT2D eigenvalue weighted by Gasteiger charge is -2.08. The van der Waals surface area contributed by atoms with Crippen molar-refractivity contribution >= 4 is 23.9 Å². The van der Waals surface area contributed by atoms with Crippen molar-refractivity contribution in [3.05, 3.63) is 29.3 Å². The van der Waals surface area contributed by atoms with Gasteiger partial charge in [-0.1, -0.05) is 6.07 Å². The number of hydrogen-bond acceptors (Lipinski definition) is 3. The van der Waals surface area contributed by atoms with E-state index in [2.05, 4.69) is 5.32 Å². The van der Waals surface area contributed by atoms with Crippen LogP contribution < -0.4 is 5.32 Å². The molecule has 0 atom stereocenters. The topological polar surface area (TPSA) is 83.5 Å². The summed E-state index contributed by atoms with van der Waals surface area (Å²) in [6.07, 6.45) is 0.498. The molecule has 5 heteroatoms. The van der Waals surface area contributed by atoms with Crippen molar-refractivity contribution in [1.82, 2.24) is 0 Å². The van der Waals surface area contributed by atoms with Gasteiger partial charge in [-0.2, -0.15) is 0 Å². The number of carbonyl (C=O) groups excluding carboxylic acids is 2. The van der Waals surface area contributed by atoms with Crippen LogP contribution >= 0.6 is 0 Å². The van der Waals surface area contributed by atoms with E-state index in [1.807, 2.05) is 0 Å². The maximum atomic E-state index is 10.8. The summed E-state index contributed by atoms with van der Waals surface area (Å²) < 4.78 is 0. The van der Waals surface area contributed by atoms with Crippen LogP contribution in [-0.4, -0.2) is 23.3 Å². The summed E-state index contributed by atoms with van der Waals surface area (Å²) in [7, 11) is 0. The second-order valence-electron chi connectivity index (χ2n) is 2.87. The molecule has 0 saturated carbocycles. The summed E-state index contributed by atoms with van der Waals surface area (Å²) in [4.78, 5) is 32.3. The van der Waals surface area contributed by atoms with Crippen LogP contribution in [0.1, 0.15) is 27.6 Å². The molecule has 0 aliphatic rings. The first-order valence-corrected chi connectivity index (χ1v) is 4.15. The van der Waals surface area contributed by atoms with Crippen molar-refractivity contribution in [2.75, 3.05) is 5.32 Å². The van der Waals surface area contributed by atoms with E-state index in [1.54, 1.807) is 0 Å². The number of aromatic carboxylic acids is 1. The highest BCUT2D eigenvalue weighted by Crippen LogP contribution is 2.19. The second kappa shape index (κ2) is 4.36. The normalized spacial score (nSPS) is 9.40. The molecule has 78 valence electrons. The minimum Gasteiger partial charge on any atom is -0.478 e. The predicted octanol–water partition coefficient (Wildman–Crippen LogP) is 1.16. The number of para-hydroxylation sites is 1. The fourth-order valence-corrected chi connectivity index (χ4v) is 1.16. The molecule has 0 spiro atoms. The summed E-state index contributed by atoms with van der Waals surface area (Å²) >= 11 is 0. The van der Waals surface area contributed by atoms with Crippen molar-refractivity contribution in [1.29, 1.82) is 0 Å². The average Bonchev–Trinajstić information content (AvgIpc) is 2.16. The van der Waals surface area contributed by atoms with Gasteiger partial charge in [-0.05, 0) is 12.1 Å². The lowest BCUT2D eigenvalue weighted by Crippen LogP contribution is -2.12. The maximum Gasteiger partial charge on any atom is 0.337 e. The first-order chi connectivity index (χ1) is 7.06. The van der Waals surface area contributed by atoms with E-state index in [1.165, 1.54) is 25.1 Å². The maximum absolute atomic E-state index is 10.8. The van der Waals surface area contributed by atoms with Gasteiger partial charge in [-0.3, -0.25) is 9.59 Å². The molecule has 0 radical (unpaired) electrons. The quantitative estimate of drug-likeness (QED) is 0.728. The fourth-order valence-electron chi connectivity index (χ4n) is 1.16. The summed E-state index contributed by atoms with van der Waals surface area (Å²) in [6.45, 7) is 1.24. The van der Waals surface area contributed by atoms with Crippen molar-refractivity contribution in [3.8, 4) is 0 Å². The Morgan fingerprint density at radius 2 is 2.07 bits per heavy atom. The largest absolute Gasteiger partial charge is 0.478 e. The number of benzene rings is 1. The number of carbonyl (C=O) groups is 3. The zero-order valence-electron chi connectivity index (χ0n) is 7.98. The number of carboxylic acids is 1. The molecular formula is C10H9NO4. The van der Waals surface area contributed by atoms with Crippen LogP contribution in [0.5, 0.6) is 0 Å². The third-order valence-electron chi connectivity index (χ3n) is 1.76. The number of amides is 1. The molecule has 15 heavy (non-hydrogen) atoms. The summed E-state index contributed by atoms with van der Waals surface area (Å²) in [5, 5.41) is 11.2. The summed E-state index contributed by atoms with van der Waals surface area (Å²) in [5.74, 6) is -1.62. The third kappa shape index (κ3) is 2.40. The van der Waals surface area contributed by atoms with Crippen LogP contribution in [0.25, 0.3) is 0 Å². The number of aldehydes is 1. The molecule has 0 aromatic heterocycles. The number of carboxylic acid groups (broad SMARTS) is 1. The van der Waals surface area contributed by atoms with Gasteiger partial charge in [0.05, 0.1) is 11.3 Å². The molecule has 5 nitrogen and oxygen atoms in total.